The van der Waals surface area contributed by atoms with Gasteiger partial charge in [0.15, 0.2) is 6.10 Å². The molecule has 0 N–H and O–H groups in total. The zero-order chi connectivity index (χ0) is 54.3. The van der Waals surface area contributed by atoms with Crippen molar-refractivity contribution in [3.8, 4) is 0 Å². The summed E-state index contributed by atoms with van der Waals surface area (Å²) >= 11 is 0. The molecule has 0 spiro atoms. The number of allylic oxidation sites excluding steroid dienone is 22. The first kappa shape index (κ1) is 70.5. The van der Waals surface area contributed by atoms with Gasteiger partial charge in [0.1, 0.15) is 13.2 Å². The van der Waals surface area contributed by atoms with Crippen LogP contribution < -0.4 is 0 Å². The highest BCUT2D eigenvalue weighted by Gasteiger charge is 2.19. The van der Waals surface area contributed by atoms with E-state index in [1.54, 1.807) is 0 Å². The molecule has 0 aromatic carbocycles. The van der Waals surface area contributed by atoms with Crippen molar-refractivity contribution >= 4 is 17.9 Å². The van der Waals surface area contributed by atoms with Crippen LogP contribution in [0, 0.1) is 0 Å². The van der Waals surface area contributed by atoms with E-state index in [0.717, 1.165) is 148 Å². The quantitative estimate of drug-likeness (QED) is 0.0261. The molecule has 0 aromatic heterocycles. The molecule has 0 aromatic rings. The van der Waals surface area contributed by atoms with Gasteiger partial charge < -0.3 is 14.2 Å². The lowest BCUT2D eigenvalue weighted by molar-refractivity contribution is -0.167. The van der Waals surface area contributed by atoms with Crippen LogP contribution in [0.4, 0.5) is 0 Å². The number of hydrogen-bond acceptors (Lipinski definition) is 6. The third-order valence-electron chi connectivity index (χ3n) is 12.6. The van der Waals surface area contributed by atoms with Gasteiger partial charge in [-0.1, -0.05) is 257 Å². The second kappa shape index (κ2) is 62.1. The lowest BCUT2D eigenvalue weighted by atomic mass is 10.1. The number of esters is 3. The van der Waals surface area contributed by atoms with Crippen molar-refractivity contribution < 1.29 is 28.6 Å². The Kier molecular flexibility index (Phi) is 58.4. The van der Waals surface area contributed by atoms with Gasteiger partial charge in [0.05, 0.1) is 0 Å². The Morgan fingerprint density at radius 2 is 0.520 bits per heavy atom. The maximum absolute atomic E-state index is 12.8. The summed E-state index contributed by atoms with van der Waals surface area (Å²) in [5.41, 5.74) is 0. The van der Waals surface area contributed by atoms with Crippen molar-refractivity contribution in [3.63, 3.8) is 0 Å². The van der Waals surface area contributed by atoms with E-state index in [1.165, 1.54) is 77.0 Å². The number of hydrogen-bond donors (Lipinski definition) is 0. The summed E-state index contributed by atoms with van der Waals surface area (Å²) in [7, 11) is 0. The molecule has 6 heteroatoms. The van der Waals surface area contributed by atoms with Gasteiger partial charge in [-0.15, -0.1) is 0 Å². The molecule has 0 bridgehead atoms. The van der Waals surface area contributed by atoms with Crippen molar-refractivity contribution in [2.24, 2.45) is 0 Å². The van der Waals surface area contributed by atoms with Gasteiger partial charge in [-0.3, -0.25) is 14.4 Å². The van der Waals surface area contributed by atoms with E-state index in [-0.39, 0.29) is 31.1 Å². The SMILES string of the molecule is CC/C=C\C/C=C\C/C=C\C/C=C\C/C=C\C/C=C\C/C=C\C/C=C\C/C=C\C/C=C\CCCCCCC(=O)OCC(COC(=O)CCCCCCC)OC(=O)CCCCCCCCC/C=C\CCCCCCCC. The molecule has 0 saturated carbocycles. The minimum Gasteiger partial charge on any atom is -0.462 e. The Hall–Kier alpha value is -4.45. The lowest BCUT2D eigenvalue weighted by Crippen LogP contribution is -2.30. The van der Waals surface area contributed by atoms with Crippen molar-refractivity contribution in [1.82, 2.24) is 0 Å². The fraction of sp³-hybridized carbons (Fsp3) is 0.638. The van der Waals surface area contributed by atoms with E-state index in [4.69, 9.17) is 14.2 Å². The molecule has 424 valence electrons. The number of rotatable bonds is 54. The summed E-state index contributed by atoms with van der Waals surface area (Å²) < 4.78 is 16.7. The summed E-state index contributed by atoms with van der Waals surface area (Å²) in [6.45, 7) is 6.41. The molecule has 0 aliphatic heterocycles. The van der Waals surface area contributed by atoms with Crippen LogP contribution in [0.5, 0.6) is 0 Å². The minimum atomic E-state index is -0.790. The summed E-state index contributed by atoms with van der Waals surface area (Å²) in [5, 5.41) is 0. The number of ether oxygens (including phenoxy) is 3. The Morgan fingerprint density at radius 3 is 0.827 bits per heavy atom. The standard InChI is InChI=1S/C69H112O6/c1-4-7-10-13-15-17-19-21-23-25-26-27-28-29-30-31-32-33-34-35-36-37-38-39-40-41-42-44-45-47-49-51-53-56-59-62-68(71)74-65-66(64-73-67(70)61-58-55-12-9-6-3)75-69(72)63-60-57-54-52-50-48-46-43-24-22-20-18-16-14-11-8-5-2/h7,10,15,17,21-24,26-27,29-30,32-33,35-36,38-39,41-42,45,47,66H,4-6,8-9,11-14,16,18-20,25,28,31,34,37,40,43-44,46,48-65H2,1-3H3/b10-7-,17-15-,23-21-,24-22-,27-26-,30-29-,33-32-,36-35-,39-38-,42-41-,47-45-. The first-order valence-electron chi connectivity index (χ1n) is 30.7. The van der Waals surface area contributed by atoms with Gasteiger partial charge in [0.2, 0.25) is 0 Å². The maximum Gasteiger partial charge on any atom is 0.306 e. The highest BCUT2D eigenvalue weighted by atomic mass is 16.6. The second-order valence-electron chi connectivity index (χ2n) is 19.9. The molecule has 6 nitrogen and oxygen atoms in total. The molecular weight excluding hydrogens is 925 g/mol. The fourth-order valence-electron chi connectivity index (χ4n) is 8.05. The van der Waals surface area contributed by atoms with Crippen LogP contribution in [0.25, 0.3) is 0 Å². The summed E-state index contributed by atoms with van der Waals surface area (Å²) in [6, 6.07) is 0. The van der Waals surface area contributed by atoms with Crippen LogP contribution in [0.3, 0.4) is 0 Å². The topological polar surface area (TPSA) is 78.9 Å². The van der Waals surface area contributed by atoms with E-state index in [2.05, 4.69) is 154 Å². The largest absolute Gasteiger partial charge is 0.462 e. The molecule has 0 radical (unpaired) electrons. The van der Waals surface area contributed by atoms with Crippen LogP contribution in [-0.2, 0) is 28.6 Å². The van der Waals surface area contributed by atoms with E-state index >= 15 is 0 Å². The average molecular weight is 1040 g/mol. The summed E-state index contributed by atoms with van der Waals surface area (Å²) in [6.07, 6.45) is 87.8. The van der Waals surface area contributed by atoms with Crippen LogP contribution in [0.15, 0.2) is 134 Å². The lowest BCUT2D eigenvalue weighted by Gasteiger charge is -2.18. The first-order chi connectivity index (χ1) is 37.0. The molecule has 0 aliphatic rings. The van der Waals surface area contributed by atoms with Crippen LogP contribution >= 0.6 is 0 Å². The van der Waals surface area contributed by atoms with Gasteiger partial charge in [0.25, 0.3) is 0 Å². The third-order valence-corrected chi connectivity index (χ3v) is 12.6. The van der Waals surface area contributed by atoms with Crippen LogP contribution in [0.2, 0.25) is 0 Å². The minimum absolute atomic E-state index is 0.0907. The molecule has 75 heavy (non-hydrogen) atoms. The molecule has 0 fully saturated rings. The van der Waals surface area contributed by atoms with Gasteiger partial charge in [-0.25, -0.2) is 0 Å². The highest BCUT2D eigenvalue weighted by Crippen LogP contribution is 2.14. The predicted octanol–water partition coefficient (Wildman–Crippen LogP) is 21.0. The van der Waals surface area contributed by atoms with Crippen LogP contribution in [-0.4, -0.2) is 37.2 Å². The van der Waals surface area contributed by atoms with Crippen molar-refractivity contribution in [3.05, 3.63) is 134 Å². The number of carbonyl (C=O) groups excluding carboxylic acids is 3. The molecule has 0 rings (SSSR count). The zero-order valence-electron chi connectivity index (χ0n) is 48.5. The summed E-state index contributed by atoms with van der Waals surface area (Å²) in [5.74, 6) is -0.937. The second-order valence-corrected chi connectivity index (χ2v) is 19.9. The molecule has 0 saturated heterocycles. The van der Waals surface area contributed by atoms with Gasteiger partial charge >= 0.3 is 17.9 Å². The molecular formula is C69H112O6. The molecule has 0 aliphatic carbocycles. The Bertz CT molecular complexity index is 1620. The fourth-order valence-corrected chi connectivity index (χ4v) is 8.05. The van der Waals surface area contributed by atoms with Gasteiger partial charge in [-0.05, 0) is 122 Å². The van der Waals surface area contributed by atoms with E-state index in [1.807, 2.05) is 0 Å². The zero-order valence-corrected chi connectivity index (χ0v) is 48.5. The highest BCUT2D eigenvalue weighted by molar-refractivity contribution is 5.71. The van der Waals surface area contributed by atoms with Crippen molar-refractivity contribution in [1.29, 1.82) is 0 Å². The van der Waals surface area contributed by atoms with E-state index in [0.29, 0.717) is 19.3 Å². The molecule has 0 amide bonds. The van der Waals surface area contributed by atoms with Crippen molar-refractivity contribution in [2.45, 2.75) is 271 Å². The van der Waals surface area contributed by atoms with Crippen molar-refractivity contribution in [2.75, 3.05) is 13.2 Å². The predicted molar refractivity (Wildman–Crippen MR) is 325 cm³/mol. The molecule has 1 atom stereocenters. The first-order valence-corrected chi connectivity index (χ1v) is 30.7. The van der Waals surface area contributed by atoms with Gasteiger partial charge in [0, 0.05) is 19.3 Å². The third kappa shape index (κ3) is 60.3. The molecule has 1 unspecified atom stereocenters. The average Bonchev–Trinajstić information content (AvgIpc) is 3.41. The maximum atomic E-state index is 12.8. The normalized spacial score (nSPS) is 13.1. The molecule has 0 heterocycles. The number of carbonyl (C=O) groups is 3. The van der Waals surface area contributed by atoms with E-state index < -0.39 is 6.10 Å². The Labute approximate surface area is 462 Å². The smallest absolute Gasteiger partial charge is 0.306 e. The summed E-state index contributed by atoms with van der Waals surface area (Å²) in [4.78, 5) is 37.8. The van der Waals surface area contributed by atoms with Crippen LogP contribution in [0.1, 0.15) is 265 Å². The van der Waals surface area contributed by atoms with Gasteiger partial charge in [-0.2, -0.15) is 0 Å². The Morgan fingerprint density at radius 1 is 0.280 bits per heavy atom. The number of unbranched alkanes of at least 4 members (excludes halogenated alkanes) is 21. The van der Waals surface area contributed by atoms with E-state index in [9.17, 15) is 14.4 Å². The Balaban J connectivity index is 4.14. The monoisotopic (exact) mass is 1040 g/mol.